The van der Waals surface area contributed by atoms with Crippen LogP contribution >= 0.6 is 0 Å². The van der Waals surface area contributed by atoms with Crippen LogP contribution in [0.15, 0.2) is 0 Å². The molecule has 0 aromatic heterocycles. The lowest BCUT2D eigenvalue weighted by Gasteiger charge is -2.50. The summed E-state index contributed by atoms with van der Waals surface area (Å²) in [7, 11) is 2.16. The molecule has 0 aliphatic carbocycles. The van der Waals surface area contributed by atoms with Gasteiger partial charge in [0.25, 0.3) is 0 Å². The third-order valence-corrected chi connectivity index (χ3v) is 23.8. The molecular formula is C75H136N2O26. The molecule has 0 aromatic carbocycles. The van der Waals surface area contributed by atoms with Gasteiger partial charge in [-0.15, -0.1) is 0 Å². The van der Waals surface area contributed by atoms with Crippen molar-refractivity contribution < 1.29 is 135 Å². The Kier molecular flexibility index (Phi) is 29.2. The minimum Gasteiger partial charge on any atom is -0.459 e. The molecule has 103 heavy (non-hydrogen) atoms. The molecule has 6 aliphatic heterocycles. The maximum atomic E-state index is 14.2. The zero-order valence-corrected chi connectivity index (χ0v) is 65.9. The molecule has 0 amide bonds. The Morgan fingerprint density at radius 3 is 1.18 bits per heavy atom. The summed E-state index contributed by atoms with van der Waals surface area (Å²) < 4.78 is 136. The van der Waals surface area contributed by atoms with Crippen LogP contribution < -0.4 is 5.32 Å². The van der Waals surface area contributed by atoms with E-state index in [0.717, 1.165) is 0 Å². The number of cyclic esters (lactones) is 2. The summed E-state index contributed by atoms with van der Waals surface area (Å²) in [6.07, 6.45) is -21.9. The Bertz CT molecular complexity index is 2930. The van der Waals surface area contributed by atoms with Gasteiger partial charge in [0.05, 0.1) is 104 Å². The molecule has 6 fully saturated rings. The largest absolute Gasteiger partial charge is 0.459 e. The zero-order valence-electron chi connectivity index (χ0n) is 71.9. The summed E-state index contributed by atoms with van der Waals surface area (Å²) in [5.41, 5.74) is -10.1. The van der Waals surface area contributed by atoms with E-state index in [-0.39, 0.29) is 44.6 Å². The molecule has 0 spiro atoms. The van der Waals surface area contributed by atoms with Gasteiger partial charge in [0, 0.05) is 88.7 Å². The van der Waals surface area contributed by atoms with Crippen LogP contribution in [0.5, 0.6) is 0 Å². The highest BCUT2D eigenvalue weighted by atomic mass is 16.7. The summed E-state index contributed by atoms with van der Waals surface area (Å²) in [4.78, 5) is 58.4. The molecule has 0 radical (unpaired) electrons. The third-order valence-electron chi connectivity index (χ3n) is 23.8. The smallest absolute Gasteiger partial charge is 0.311 e. The standard InChI is InChI=1S/C38H69NO13.C37H67NO13/c1-15-26-38(10,45)31(42)21(4)28(40)19(2)17-37(9,47-14)33(52-35-29(41)25(39(11)12)16-20(3)48-35)22(5)30(23(6)34(44)50-26)51-27-18-36(8,46-13)32(43)24(7)49-27;1-14-25-37(10,44)30(41)20(4)27(39)18(2)16-36(9,46-13)32(51-34-28(40)24(38-11)15-19(3)47-34)21(5)29(22(6)33(43)49-25)50-26-17-35(8,45-12)31(42)23(7)48-26/h19-27,29-33,35,41-43,45H,15-18H2,1-14H3;18-26,28-32,34,38,40-42,44H,14-17H2,1-13H3/t19-,20-,21+,22+,23-,24+,25+,26-,27+,29-,30+,31-,32+,33-,35+,36-,37-,38-;18-,19-,20+,21+,22-,23+,24+,25-,26+,28-,29+,30-,31+,32-,34+,35-,36-,37-/m11/s1/i14D3;13D3. The van der Waals surface area contributed by atoms with Crippen molar-refractivity contribution in [3.05, 3.63) is 0 Å². The van der Waals surface area contributed by atoms with Crippen molar-refractivity contribution in [2.24, 2.45) is 47.3 Å². The molecule has 602 valence electrons. The fourth-order valence-corrected chi connectivity index (χ4v) is 16.8. The highest BCUT2D eigenvalue weighted by Crippen LogP contribution is 2.45. The number of nitrogens with one attached hydrogen (secondary N) is 1. The summed E-state index contributed by atoms with van der Waals surface area (Å²) >= 11 is 0. The number of ketones is 2. The Balaban J connectivity index is 0.000000391. The second kappa shape index (κ2) is 36.9. The van der Waals surface area contributed by atoms with Gasteiger partial charge in [0.2, 0.25) is 0 Å². The maximum Gasteiger partial charge on any atom is 0.311 e. The molecular weight excluding hydrogens is 1340 g/mol. The van der Waals surface area contributed by atoms with Gasteiger partial charge in [-0.1, -0.05) is 55.4 Å². The number of methoxy groups -OCH3 is 4. The van der Waals surface area contributed by atoms with Crippen molar-refractivity contribution in [3.8, 4) is 0 Å². The van der Waals surface area contributed by atoms with Gasteiger partial charge in [0.1, 0.15) is 59.4 Å². The highest BCUT2D eigenvalue weighted by molar-refractivity contribution is 5.84. The van der Waals surface area contributed by atoms with Crippen molar-refractivity contribution in [1.82, 2.24) is 10.2 Å². The number of carbonyl (C=O) groups excluding carboxylic acids is 4. The number of carbonyl (C=O) groups is 4. The number of aliphatic hydroxyl groups excluding tert-OH is 6. The number of nitrogens with zero attached hydrogens (tertiary/aromatic N) is 1. The second-order valence-electron chi connectivity index (χ2n) is 32.4. The predicted octanol–water partition coefficient (Wildman–Crippen LogP) is 4.54. The van der Waals surface area contributed by atoms with Crippen LogP contribution in [0.25, 0.3) is 0 Å². The van der Waals surface area contributed by atoms with Gasteiger partial charge in [0.15, 0.2) is 25.2 Å². The minimum absolute atomic E-state index is 0.0300. The fraction of sp³-hybridized carbons (Fsp3) is 0.947. The molecule has 28 nitrogen and oxygen atoms in total. The molecule has 0 saturated carbocycles. The lowest BCUT2D eigenvalue weighted by molar-refractivity contribution is -0.319. The van der Waals surface area contributed by atoms with Gasteiger partial charge in [-0.25, -0.2) is 0 Å². The monoisotopic (exact) mass is 1490 g/mol. The van der Waals surface area contributed by atoms with Gasteiger partial charge in [-0.05, 0) is 143 Å². The van der Waals surface area contributed by atoms with Crippen molar-refractivity contribution >= 4 is 23.5 Å². The van der Waals surface area contributed by atoms with Crippen LogP contribution in [0.4, 0.5) is 0 Å². The normalized spacial score (nSPS) is 50.4. The van der Waals surface area contributed by atoms with E-state index in [4.69, 9.17) is 74.5 Å². The van der Waals surface area contributed by atoms with Crippen LogP contribution in [-0.4, -0.2) is 287 Å². The van der Waals surface area contributed by atoms with Gasteiger partial charge >= 0.3 is 11.9 Å². The van der Waals surface area contributed by atoms with Gasteiger partial charge in [-0.3, -0.25) is 19.2 Å². The average Bonchev–Trinajstić information content (AvgIpc) is 0.768. The first-order chi connectivity index (χ1) is 49.9. The van der Waals surface area contributed by atoms with Crippen LogP contribution in [-0.2, 0) is 85.5 Å². The van der Waals surface area contributed by atoms with E-state index in [1.807, 2.05) is 25.9 Å². The van der Waals surface area contributed by atoms with E-state index < -0.39 is 247 Å². The zero-order chi connectivity index (χ0) is 83.5. The molecule has 6 aliphatic rings. The molecule has 6 rings (SSSR count). The van der Waals surface area contributed by atoms with Crippen LogP contribution in [0, 0.1) is 47.3 Å². The third kappa shape index (κ3) is 20.3. The van der Waals surface area contributed by atoms with E-state index in [1.165, 1.54) is 55.8 Å². The first-order valence-electron chi connectivity index (χ1n) is 40.0. The second-order valence-corrected chi connectivity index (χ2v) is 32.4. The predicted molar refractivity (Wildman–Crippen MR) is 377 cm³/mol. The summed E-state index contributed by atoms with van der Waals surface area (Å²) in [5, 5.41) is 94.2. The first kappa shape index (κ1) is 81.4. The number of hydrogen-bond acceptors (Lipinski definition) is 28. The van der Waals surface area contributed by atoms with Crippen molar-refractivity contribution in [3.63, 3.8) is 0 Å². The minimum atomic E-state index is -3.03. The van der Waals surface area contributed by atoms with Crippen molar-refractivity contribution in [2.45, 2.75) is 358 Å². The van der Waals surface area contributed by atoms with Crippen molar-refractivity contribution in [1.29, 1.82) is 0 Å². The summed E-state index contributed by atoms with van der Waals surface area (Å²) in [6, 6.07) is -0.865. The Labute approximate surface area is 621 Å². The first-order valence-corrected chi connectivity index (χ1v) is 37.0. The SMILES string of the molecule is [2H]C([2H])([2H])O[C@]1(C)C[C@@H](C)C(=O)[C@H](C)[C@@H](O)[C@](C)(O)[C@@H](CC)OC(=O)[C@H](C)[C@@H](O[C@H]2C[C@@](C)(OC)[C@@H](O)[C@H](C)O2)[C@H](C)[C@H]1O[C@@H]1O[C@H](C)C[C@H](N(C)C)[C@H]1O.[2H]C([2H])([2H])O[C@]1(C)C[C@@H](C)C(=O)[C@H](C)[C@@H](O)[C@](C)(O)[C@@H](CC)OC(=O)[C@H](C)[C@@H](O[C@H]2C[C@@](C)(OC)[C@@H](O)[C@H](C)O2)[C@H](C)[C@H]1O[C@@H]1O[C@H](C)C[C@H](NC)[C@H]1O. The van der Waals surface area contributed by atoms with Crippen LogP contribution in [0.1, 0.15) is 198 Å². The molecule has 9 N–H and O–H groups in total. The van der Waals surface area contributed by atoms with Crippen molar-refractivity contribution in [2.75, 3.05) is 49.4 Å². The molecule has 28 heteroatoms. The Hall–Kier alpha value is -2.60. The quantitative estimate of drug-likeness (QED) is 0.0958. The lowest BCUT2D eigenvalue weighted by atomic mass is 9.73. The lowest BCUT2D eigenvalue weighted by Crippen LogP contribution is -2.61. The van der Waals surface area contributed by atoms with E-state index in [2.05, 4.69) is 5.32 Å². The molecule has 0 bridgehead atoms. The number of esters is 2. The van der Waals surface area contributed by atoms with E-state index in [0.29, 0.717) is 12.8 Å². The maximum absolute atomic E-state index is 14.2. The molecule has 6 heterocycles. The van der Waals surface area contributed by atoms with Crippen LogP contribution in [0.3, 0.4) is 0 Å². The highest BCUT2D eigenvalue weighted by Gasteiger charge is 2.58. The number of ether oxygens (including phenoxy) is 14. The van der Waals surface area contributed by atoms with E-state index in [1.54, 1.807) is 97.1 Å². The molecule has 6 saturated heterocycles. The number of hydrogen-bond donors (Lipinski definition) is 9. The van der Waals surface area contributed by atoms with Gasteiger partial charge < -0.3 is 117 Å². The molecule has 0 aromatic rings. The Morgan fingerprint density at radius 1 is 0.495 bits per heavy atom. The van der Waals surface area contributed by atoms with Crippen LogP contribution in [0.2, 0.25) is 0 Å². The van der Waals surface area contributed by atoms with E-state index in [9.17, 15) is 60.0 Å². The average molecular weight is 1490 g/mol. The van der Waals surface area contributed by atoms with E-state index >= 15 is 0 Å². The summed E-state index contributed by atoms with van der Waals surface area (Å²) in [6.45, 7) is 31.8. The number of aliphatic hydroxyl groups is 8. The summed E-state index contributed by atoms with van der Waals surface area (Å²) in [5.74, 6) is -11.3. The molecule has 0 unspecified atom stereocenters. The number of likely N-dealkylation sites (N-methyl/N-ethyl adjacent to an activating group) is 2. The van der Waals surface area contributed by atoms with Gasteiger partial charge in [-0.2, -0.15) is 0 Å². The fourth-order valence-electron chi connectivity index (χ4n) is 16.8. The topological polar surface area (TPSA) is 375 Å². The number of rotatable bonds is 16. The molecule has 36 atom stereocenters. The number of Topliss-reactive ketones (excluding diaryl/α,β-unsaturated/α-hetero) is 2. The Morgan fingerprint density at radius 2 is 0.854 bits per heavy atom.